The summed E-state index contributed by atoms with van der Waals surface area (Å²) < 4.78 is 30.7. The minimum Gasteiger partial charge on any atom is -0.481 e. The van der Waals surface area contributed by atoms with Gasteiger partial charge in [-0.05, 0) is 5.56 Å². The predicted octanol–water partition coefficient (Wildman–Crippen LogP) is 2.41. The van der Waals surface area contributed by atoms with E-state index in [0.717, 1.165) is 5.56 Å². The highest BCUT2D eigenvalue weighted by atomic mass is 19.3. The van der Waals surface area contributed by atoms with Crippen LogP contribution in [0.4, 0.5) is 13.6 Å². The van der Waals surface area contributed by atoms with E-state index < -0.39 is 36.2 Å². The standard InChI is InChI=1S/C14H15F2NO4/c15-14(16)7-13(8-14,11(18)19)9-17-12(20)21-6-10-4-2-1-3-5-10/h1-5H,6-9H2,(H,17,20)(H,18,19). The van der Waals surface area contributed by atoms with Gasteiger partial charge in [0.25, 0.3) is 5.92 Å². The van der Waals surface area contributed by atoms with Crippen LogP contribution in [0.5, 0.6) is 0 Å². The fourth-order valence-corrected chi connectivity index (χ4v) is 2.31. The van der Waals surface area contributed by atoms with Crippen molar-refractivity contribution in [2.24, 2.45) is 5.41 Å². The van der Waals surface area contributed by atoms with Crippen molar-refractivity contribution in [2.75, 3.05) is 6.54 Å². The van der Waals surface area contributed by atoms with Crippen molar-refractivity contribution in [1.82, 2.24) is 5.32 Å². The molecule has 7 heteroatoms. The van der Waals surface area contributed by atoms with Crippen molar-refractivity contribution in [3.63, 3.8) is 0 Å². The first-order chi connectivity index (χ1) is 9.83. The van der Waals surface area contributed by atoms with Gasteiger partial charge in [0.1, 0.15) is 6.61 Å². The number of carboxylic acids is 1. The highest BCUT2D eigenvalue weighted by Crippen LogP contribution is 2.51. The van der Waals surface area contributed by atoms with Gasteiger partial charge in [0, 0.05) is 19.4 Å². The molecule has 2 N–H and O–H groups in total. The average molecular weight is 299 g/mol. The molecule has 0 unspecified atom stereocenters. The smallest absolute Gasteiger partial charge is 0.407 e. The van der Waals surface area contributed by atoms with Crippen molar-refractivity contribution in [2.45, 2.75) is 25.4 Å². The van der Waals surface area contributed by atoms with E-state index in [9.17, 15) is 18.4 Å². The average Bonchev–Trinajstić information content (AvgIpc) is 2.41. The van der Waals surface area contributed by atoms with Gasteiger partial charge in [-0.25, -0.2) is 13.6 Å². The Balaban J connectivity index is 1.79. The number of carboxylic acid groups (broad SMARTS) is 1. The lowest BCUT2D eigenvalue weighted by atomic mass is 9.66. The van der Waals surface area contributed by atoms with Crippen LogP contribution in [-0.2, 0) is 16.1 Å². The van der Waals surface area contributed by atoms with Gasteiger partial charge in [0.2, 0.25) is 0 Å². The number of aliphatic carboxylic acids is 1. The third-order valence-corrected chi connectivity index (χ3v) is 3.43. The van der Waals surface area contributed by atoms with Gasteiger partial charge in [-0.1, -0.05) is 30.3 Å². The van der Waals surface area contributed by atoms with Crippen LogP contribution in [0.2, 0.25) is 0 Å². The second-order valence-corrected chi connectivity index (χ2v) is 5.21. The van der Waals surface area contributed by atoms with Crippen LogP contribution in [0.15, 0.2) is 30.3 Å². The summed E-state index contributed by atoms with van der Waals surface area (Å²) in [5.74, 6) is -4.31. The Kier molecular flexibility index (Phi) is 4.11. The number of rotatable bonds is 5. The summed E-state index contributed by atoms with van der Waals surface area (Å²) >= 11 is 0. The van der Waals surface area contributed by atoms with Gasteiger partial charge < -0.3 is 15.2 Å². The Morgan fingerprint density at radius 3 is 2.38 bits per heavy atom. The number of hydrogen-bond donors (Lipinski definition) is 2. The number of alkyl carbamates (subject to hydrolysis) is 1. The SMILES string of the molecule is O=C(NCC1(C(=O)O)CC(F)(F)C1)OCc1ccccc1. The summed E-state index contributed by atoms with van der Waals surface area (Å²) in [7, 11) is 0. The number of hydrogen-bond acceptors (Lipinski definition) is 3. The fourth-order valence-electron chi connectivity index (χ4n) is 2.31. The lowest BCUT2D eigenvalue weighted by molar-refractivity contribution is -0.192. The number of carbonyl (C=O) groups excluding carboxylic acids is 1. The summed E-state index contributed by atoms with van der Waals surface area (Å²) in [6, 6.07) is 8.91. The molecule has 0 heterocycles. The molecule has 114 valence electrons. The minimum absolute atomic E-state index is 0.0307. The third-order valence-electron chi connectivity index (χ3n) is 3.43. The zero-order valence-electron chi connectivity index (χ0n) is 11.1. The molecule has 1 aliphatic carbocycles. The minimum atomic E-state index is -2.98. The van der Waals surface area contributed by atoms with Gasteiger partial charge in [-0.3, -0.25) is 4.79 Å². The summed E-state index contributed by atoms with van der Waals surface area (Å²) in [6.45, 7) is -0.339. The molecule has 1 fully saturated rings. The molecule has 1 aromatic carbocycles. The fraction of sp³-hybridized carbons (Fsp3) is 0.429. The largest absolute Gasteiger partial charge is 0.481 e. The number of halogens is 2. The molecule has 2 rings (SSSR count). The number of ether oxygens (including phenoxy) is 1. The van der Waals surface area contributed by atoms with Crippen molar-refractivity contribution in [3.05, 3.63) is 35.9 Å². The molecule has 0 saturated heterocycles. The first-order valence-electron chi connectivity index (χ1n) is 6.39. The zero-order valence-corrected chi connectivity index (χ0v) is 11.1. The van der Waals surface area contributed by atoms with Crippen molar-refractivity contribution >= 4 is 12.1 Å². The Bertz CT molecular complexity index is 525. The first kappa shape index (κ1) is 15.2. The van der Waals surface area contributed by atoms with Gasteiger partial charge >= 0.3 is 12.1 Å². The molecule has 0 bridgehead atoms. The molecule has 1 amide bonds. The van der Waals surface area contributed by atoms with Gasteiger partial charge in [0.05, 0.1) is 5.41 Å². The van der Waals surface area contributed by atoms with Crippen molar-refractivity contribution < 1.29 is 28.2 Å². The second kappa shape index (κ2) is 5.67. The Morgan fingerprint density at radius 2 is 1.86 bits per heavy atom. The number of amides is 1. The van der Waals surface area contributed by atoms with E-state index in [-0.39, 0.29) is 13.2 Å². The van der Waals surface area contributed by atoms with Crippen LogP contribution in [0, 0.1) is 5.41 Å². The monoisotopic (exact) mass is 299 g/mol. The molecule has 1 aromatic rings. The van der Waals surface area contributed by atoms with Crippen LogP contribution in [-0.4, -0.2) is 29.6 Å². The molecule has 0 radical (unpaired) electrons. The molecule has 0 aliphatic heterocycles. The molecule has 1 saturated carbocycles. The van der Waals surface area contributed by atoms with Crippen molar-refractivity contribution in [1.29, 1.82) is 0 Å². The summed E-state index contributed by atoms with van der Waals surface area (Å²) in [5.41, 5.74) is -0.828. The Morgan fingerprint density at radius 1 is 1.24 bits per heavy atom. The quantitative estimate of drug-likeness (QED) is 0.875. The van der Waals surface area contributed by atoms with E-state index in [1.807, 2.05) is 6.07 Å². The maximum absolute atomic E-state index is 12.9. The van der Waals surface area contributed by atoms with E-state index in [1.54, 1.807) is 24.3 Å². The molecule has 0 spiro atoms. The summed E-state index contributed by atoms with van der Waals surface area (Å²) in [5, 5.41) is 11.3. The Labute approximate surface area is 119 Å². The lowest BCUT2D eigenvalue weighted by Gasteiger charge is -2.43. The van der Waals surface area contributed by atoms with E-state index in [2.05, 4.69) is 5.32 Å². The molecule has 0 aromatic heterocycles. The highest BCUT2D eigenvalue weighted by molar-refractivity contribution is 5.78. The van der Waals surface area contributed by atoms with E-state index in [1.165, 1.54) is 0 Å². The number of nitrogens with one attached hydrogen (secondary N) is 1. The van der Waals surface area contributed by atoms with E-state index in [0.29, 0.717) is 0 Å². The van der Waals surface area contributed by atoms with Gasteiger partial charge in [0.15, 0.2) is 0 Å². The van der Waals surface area contributed by atoms with Crippen LogP contribution in [0.3, 0.4) is 0 Å². The molecule has 1 aliphatic rings. The maximum Gasteiger partial charge on any atom is 0.407 e. The zero-order chi connectivity index (χ0) is 15.5. The molecule has 0 atom stereocenters. The highest BCUT2D eigenvalue weighted by Gasteiger charge is 2.61. The van der Waals surface area contributed by atoms with Gasteiger partial charge in [-0.2, -0.15) is 0 Å². The van der Waals surface area contributed by atoms with E-state index >= 15 is 0 Å². The molecular weight excluding hydrogens is 284 g/mol. The van der Waals surface area contributed by atoms with Gasteiger partial charge in [-0.15, -0.1) is 0 Å². The maximum atomic E-state index is 12.9. The molecule has 5 nitrogen and oxygen atoms in total. The van der Waals surface area contributed by atoms with Crippen LogP contribution >= 0.6 is 0 Å². The Hall–Kier alpha value is -2.18. The van der Waals surface area contributed by atoms with Crippen LogP contribution in [0.1, 0.15) is 18.4 Å². The first-order valence-corrected chi connectivity index (χ1v) is 6.39. The predicted molar refractivity (Wildman–Crippen MR) is 68.9 cm³/mol. The molecule has 21 heavy (non-hydrogen) atoms. The lowest BCUT2D eigenvalue weighted by Crippen LogP contribution is -2.56. The number of alkyl halides is 2. The summed E-state index contributed by atoms with van der Waals surface area (Å²) in [6.07, 6.45) is -2.36. The normalized spacial score (nSPS) is 18.4. The van der Waals surface area contributed by atoms with Crippen LogP contribution in [0.25, 0.3) is 0 Å². The third kappa shape index (κ3) is 3.68. The number of carbonyl (C=O) groups is 2. The van der Waals surface area contributed by atoms with Crippen molar-refractivity contribution in [3.8, 4) is 0 Å². The van der Waals surface area contributed by atoms with E-state index in [4.69, 9.17) is 9.84 Å². The second-order valence-electron chi connectivity index (χ2n) is 5.21. The molecular formula is C14H15F2NO4. The number of benzene rings is 1. The topological polar surface area (TPSA) is 75.6 Å². The van der Waals surface area contributed by atoms with Crippen LogP contribution < -0.4 is 5.32 Å². The summed E-state index contributed by atoms with van der Waals surface area (Å²) in [4.78, 5) is 22.5.